The normalized spacial score (nSPS) is 36.0. The summed E-state index contributed by atoms with van der Waals surface area (Å²) in [6.45, 7) is 0. The van der Waals surface area contributed by atoms with Crippen LogP contribution < -0.4 is 4.90 Å². The van der Waals surface area contributed by atoms with E-state index >= 15 is 0 Å². The topological polar surface area (TPSA) is 6.48 Å². The fourth-order valence-corrected chi connectivity index (χ4v) is 11.0. The molecule has 252 valence electrons. The largest absolute Gasteiger partial charge is 0.360 e. The molecule has 10 rings (SSSR count). The van der Waals surface area contributed by atoms with Crippen molar-refractivity contribution in [2.75, 3.05) is 4.90 Å². The zero-order valence-electron chi connectivity index (χ0n) is 29.2. The van der Waals surface area contributed by atoms with Crippen LogP contribution in [-0.2, 0) is 0 Å². The molecule has 0 saturated carbocycles. The summed E-state index contributed by atoms with van der Waals surface area (Å²) < 4.78 is 0. The van der Waals surface area contributed by atoms with Gasteiger partial charge in [0, 0.05) is 40.9 Å². The maximum atomic E-state index is 2.84. The van der Waals surface area contributed by atoms with Crippen molar-refractivity contribution in [1.29, 1.82) is 0 Å². The average molecular weight is 655 g/mol. The Morgan fingerprint density at radius 1 is 0.660 bits per heavy atom. The van der Waals surface area contributed by atoms with E-state index in [0.717, 1.165) is 25.2 Å². The molecule has 1 saturated heterocycles. The summed E-state index contributed by atoms with van der Waals surface area (Å²) in [7, 11) is 0. The molecule has 2 heteroatoms. The Bertz CT molecular complexity index is 1910. The molecule has 9 aliphatic rings. The molecule has 9 atom stereocenters. The molecule has 0 amide bonds. The molecule has 2 heterocycles. The van der Waals surface area contributed by atoms with Crippen molar-refractivity contribution in [2.24, 2.45) is 29.6 Å². The second kappa shape index (κ2) is 12.8. The van der Waals surface area contributed by atoms with Crippen LogP contribution in [0.4, 0.5) is 5.69 Å². The van der Waals surface area contributed by atoms with Crippen molar-refractivity contribution in [1.82, 2.24) is 4.90 Å². The van der Waals surface area contributed by atoms with Gasteiger partial charge in [0.1, 0.15) is 0 Å². The predicted molar refractivity (Wildman–Crippen MR) is 209 cm³/mol. The first-order valence-corrected chi connectivity index (χ1v) is 19.7. The summed E-state index contributed by atoms with van der Waals surface area (Å²) in [6, 6.07) is 8.77. The van der Waals surface area contributed by atoms with E-state index in [-0.39, 0.29) is 0 Å². The van der Waals surface area contributed by atoms with Gasteiger partial charge in [-0.1, -0.05) is 121 Å². The molecule has 0 radical (unpaired) electrons. The molecule has 0 bridgehead atoms. The average Bonchev–Trinajstić information content (AvgIpc) is 3.71. The number of fused-ring (bicyclic) bond motifs is 6. The summed E-state index contributed by atoms with van der Waals surface area (Å²) in [5.74, 6) is 3.38. The van der Waals surface area contributed by atoms with Crippen molar-refractivity contribution in [2.45, 2.75) is 81.8 Å². The van der Waals surface area contributed by atoms with Gasteiger partial charge in [0.25, 0.3) is 0 Å². The first-order valence-electron chi connectivity index (χ1n) is 19.7. The molecule has 2 aliphatic heterocycles. The molecule has 1 aromatic carbocycles. The van der Waals surface area contributed by atoms with Crippen LogP contribution >= 0.6 is 0 Å². The van der Waals surface area contributed by atoms with Crippen LogP contribution in [0.25, 0.3) is 5.57 Å². The minimum absolute atomic E-state index is 0.346. The smallest absolute Gasteiger partial charge is 0.0621 e. The number of hydrogen-bond donors (Lipinski definition) is 0. The lowest BCUT2D eigenvalue weighted by atomic mass is 9.78. The van der Waals surface area contributed by atoms with Gasteiger partial charge in [-0.3, -0.25) is 0 Å². The molecule has 9 unspecified atom stereocenters. The van der Waals surface area contributed by atoms with Crippen molar-refractivity contribution in [3.63, 3.8) is 0 Å². The van der Waals surface area contributed by atoms with Gasteiger partial charge in [-0.2, -0.15) is 0 Å². The van der Waals surface area contributed by atoms with Gasteiger partial charge in [-0.15, -0.1) is 0 Å². The number of anilines is 1. The first-order chi connectivity index (χ1) is 24.8. The van der Waals surface area contributed by atoms with E-state index in [1.807, 2.05) is 0 Å². The van der Waals surface area contributed by atoms with E-state index < -0.39 is 0 Å². The lowest BCUT2D eigenvalue weighted by Crippen LogP contribution is -2.38. The Morgan fingerprint density at radius 3 is 2.40 bits per heavy atom. The number of rotatable bonds is 5. The van der Waals surface area contributed by atoms with Crippen LogP contribution in [0, 0.1) is 29.6 Å². The number of allylic oxidation sites excluding steroid dienone is 18. The Kier molecular flexibility index (Phi) is 7.81. The van der Waals surface area contributed by atoms with Crippen LogP contribution in [-0.4, -0.2) is 23.0 Å². The van der Waals surface area contributed by atoms with Crippen molar-refractivity contribution in [3.8, 4) is 0 Å². The van der Waals surface area contributed by atoms with Crippen LogP contribution in [0.3, 0.4) is 0 Å². The van der Waals surface area contributed by atoms with E-state index in [0.29, 0.717) is 47.7 Å². The minimum Gasteiger partial charge on any atom is -0.360 e. The third kappa shape index (κ3) is 5.12. The highest BCUT2D eigenvalue weighted by atomic mass is 15.2. The molecule has 7 aliphatic carbocycles. The van der Waals surface area contributed by atoms with Crippen LogP contribution in [0.5, 0.6) is 0 Å². The summed E-state index contributed by atoms with van der Waals surface area (Å²) >= 11 is 0. The van der Waals surface area contributed by atoms with Gasteiger partial charge in [-0.25, -0.2) is 0 Å². The van der Waals surface area contributed by atoms with Crippen molar-refractivity contribution in [3.05, 3.63) is 168 Å². The molecule has 1 aromatic rings. The molecule has 0 spiro atoms. The standard InChI is InChI=1S/C48H50N2/c1-3-12-33(13-4-1)35-22-27-38(28-23-35)49-45-20-9-8-17-42(45)44-32-37(26-31-47(44)49)40-18-11-19-43-41-16-7-10-21-46(41)50(48(40)43)39-29-24-36(25-30-39)34-14-5-2-6-15-34/h1-5,7-8,10-12,16-19,21-22,24,26-29,31-35,41-43,45-46,48H,6,9,13-15,20,23,25,30H2. The van der Waals surface area contributed by atoms with Crippen LogP contribution in [0.15, 0.2) is 157 Å². The Balaban J connectivity index is 0.980. The van der Waals surface area contributed by atoms with E-state index in [4.69, 9.17) is 0 Å². The van der Waals surface area contributed by atoms with E-state index in [1.165, 1.54) is 72.3 Å². The fraction of sp³-hybridized carbons (Fsp3) is 0.375. The molecule has 0 N–H and O–H groups in total. The summed E-state index contributed by atoms with van der Waals surface area (Å²) in [5.41, 5.74) is 10.4. The molecular formula is C48H50N2. The van der Waals surface area contributed by atoms with Gasteiger partial charge >= 0.3 is 0 Å². The number of likely N-dealkylation sites (tertiary alicyclic amines) is 1. The Labute approximate surface area is 299 Å². The van der Waals surface area contributed by atoms with E-state index in [9.17, 15) is 0 Å². The molecular weight excluding hydrogens is 605 g/mol. The highest BCUT2D eigenvalue weighted by Crippen LogP contribution is 2.53. The quantitative estimate of drug-likeness (QED) is 0.292. The minimum atomic E-state index is 0.346. The second-order valence-corrected chi connectivity index (χ2v) is 16.0. The molecule has 50 heavy (non-hydrogen) atoms. The second-order valence-electron chi connectivity index (χ2n) is 16.0. The lowest BCUT2D eigenvalue weighted by molar-refractivity contribution is 0.295. The van der Waals surface area contributed by atoms with E-state index in [2.05, 4.69) is 150 Å². The van der Waals surface area contributed by atoms with Gasteiger partial charge in [0.05, 0.1) is 12.1 Å². The molecule has 1 fully saturated rings. The highest BCUT2D eigenvalue weighted by Gasteiger charge is 2.49. The van der Waals surface area contributed by atoms with E-state index in [1.54, 1.807) is 5.57 Å². The lowest BCUT2D eigenvalue weighted by Gasteiger charge is -2.38. The Morgan fingerprint density at radius 2 is 1.56 bits per heavy atom. The van der Waals surface area contributed by atoms with Crippen LogP contribution in [0.2, 0.25) is 0 Å². The van der Waals surface area contributed by atoms with Crippen LogP contribution in [0.1, 0.15) is 74.8 Å². The maximum Gasteiger partial charge on any atom is 0.0621 e. The van der Waals surface area contributed by atoms with Gasteiger partial charge in [0.2, 0.25) is 0 Å². The fourth-order valence-electron chi connectivity index (χ4n) is 11.0. The zero-order chi connectivity index (χ0) is 33.0. The van der Waals surface area contributed by atoms with Crippen molar-refractivity contribution >= 4 is 11.3 Å². The zero-order valence-corrected chi connectivity index (χ0v) is 29.2. The summed E-state index contributed by atoms with van der Waals surface area (Å²) in [5, 5.41) is 0. The number of hydrogen-bond acceptors (Lipinski definition) is 2. The first kappa shape index (κ1) is 30.5. The summed E-state index contributed by atoms with van der Waals surface area (Å²) in [4.78, 5) is 5.55. The number of benzene rings is 1. The highest BCUT2D eigenvalue weighted by molar-refractivity contribution is 5.79. The Hall–Kier alpha value is -4.30. The third-order valence-electron chi connectivity index (χ3n) is 13.4. The van der Waals surface area contributed by atoms with Gasteiger partial charge < -0.3 is 9.80 Å². The third-order valence-corrected chi connectivity index (χ3v) is 13.4. The number of nitrogens with zero attached hydrogens (tertiary/aromatic N) is 2. The monoisotopic (exact) mass is 654 g/mol. The predicted octanol–water partition coefficient (Wildman–Crippen LogP) is 11.2. The SMILES string of the molecule is C1=CCC(C2C=CC(N3c4ccc(C5=CC=CC6C7C=CC=CC7N(C7=CC=C(C8CC=CCC8)CC7)C56)cc4C4C=CCCC43)=CC2)C=C1. The summed E-state index contributed by atoms with van der Waals surface area (Å²) in [6.07, 6.45) is 59.0. The maximum absolute atomic E-state index is 2.84. The molecule has 2 nitrogen and oxygen atoms in total. The van der Waals surface area contributed by atoms with Gasteiger partial charge in [0.15, 0.2) is 0 Å². The van der Waals surface area contributed by atoms with Gasteiger partial charge in [-0.05, 0) is 117 Å². The van der Waals surface area contributed by atoms with Crippen molar-refractivity contribution < 1.29 is 0 Å². The molecule has 0 aromatic heterocycles.